The third-order valence-electron chi connectivity index (χ3n) is 2.69. The zero-order chi connectivity index (χ0) is 17.1. The quantitative estimate of drug-likeness (QED) is 0.595. The van der Waals surface area contributed by atoms with Gasteiger partial charge in [-0.05, 0) is 12.1 Å². The number of hydrogen-bond donors (Lipinski definition) is 0. The lowest BCUT2D eigenvalue weighted by Gasteiger charge is -2.07. The van der Waals surface area contributed by atoms with Crippen molar-refractivity contribution in [2.24, 2.45) is 0 Å². The summed E-state index contributed by atoms with van der Waals surface area (Å²) in [6.07, 6.45) is 0. The highest BCUT2D eigenvalue weighted by Gasteiger charge is 2.25. The Morgan fingerprint density at radius 2 is 1.48 bits per heavy atom. The molecule has 0 aliphatic carbocycles. The highest BCUT2D eigenvalue weighted by atomic mass is 35.5. The largest absolute Gasteiger partial charge is 0.456 e. The molecule has 118 valence electrons. The molecule has 23 heavy (non-hydrogen) atoms. The summed E-state index contributed by atoms with van der Waals surface area (Å²) in [5, 5.41) is 32.1. The van der Waals surface area contributed by atoms with E-state index in [4.69, 9.17) is 16.3 Å². The van der Waals surface area contributed by atoms with Crippen molar-refractivity contribution in [1.82, 2.24) is 0 Å². The van der Waals surface area contributed by atoms with Crippen LogP contribution in [-0.4, -0.2) is 14.8 Å². The van der Waals surface area contributed by atoms with Crippen LogP contribution >= 0.6 is 11.6 Å². The van der Waals surface area contributed by atoms with E-state index in [1.165, 1.54) is 6.07 Å². The van der Waals surface area contributed by atoms with E-state index in [9.17, 15) is 30.3 Å². The Morgan fingerprint density at radius 3 is 2.00 bits per heavy atom. The Balaban J connectivity index is 2.37. The zero-order valence-electron chi connectivity index (χ0n) is 11.0. The predicted molar refractivity (Wildman–Crippen MR) is 77.9 cm³/mol. The highest BCUT2D eigenvalue weighted by molar-refractivity contribution is 6.32. The molecule has 0 atom stereocenters. The van der Waals surface area contributed by atoms with Gasteiger partial charge in [-0.25, -0.2) is 0 Å². The van der Waals surface area contributed by atoms with Crippen LogP contribution in [0.3, 0.4) is 0 Å². The first kappa shape index (κ1) is 16.1. The van der Waals surface area contributed by atoms with E-state index in [0.29, 0.717) is 0 Å². The Morgan fingerprint density at radius 1 is 0.826 bits per heavy atom. The third kappa shape index (κ3) is 3.49. The number of nitro groups is 3. The fourth-order valence-electron chi connectivity index (χ4n) is 1.68. The van der Waals surface area contributed by atoms with Crippen molar-refractivity contribution in [3.05, 3.63) is 71.8 Å². The van der Waals surface area contributed by atoms with E-state index >= 15 is 0 Å². The minimum absolute atomic E-state index is 0.0143. The van der Waals surface area contributed by atoms with Crippen LogP contribution in [0.25, 0.3) is 0 Å². The van der Waals surface area contributed by atoms with Gasteiger partial charge in [0, 0.05) is 18.2 Å². The maximum atomic E-state index is 10.9. The molecule has 0 radical (unpaired) electrons. The average molecular weight is 340 g/mol. The Labute approximate surface area is 132 Å². The van der Waals surface area contributed by atoms with Crippen LogP contribution in [0.5, 0.6) is 11.5 Å². The summed E-state index contributed by atoms with van der Waals surface area (Å²) < 4.78 is 5.29. The number of halogens is 1. The van der Waals surface area contributed by atoms with Gasteiger partial charge in [0.1, 0.15) is 11.5 Å². The molecular formula is C12H6ClN3O7. The van der Waals surface area contributed by atoms with Gasteiger partial charge in [0.05, 0.1) is 25.9 Å². The Hall–Kier alpha value is -3.27. The summed E-state index contributed by atoms with van der Waals surface area (Å²) >= 11 is 5.84. The summed E-state index contributed by atoms with van der Waals surface area (Å²) in [5.41, 5.74) is -1.68. The minimum Gasteiger partial charge on any atom is -0.456 e. The van der Waals surface area contributed by atoms with E-state index < -0.39 is 26.1 Å². The van der Waals surface area contributed by atoms with Crippen molar-refractivity contribution in [2.45, 2.75) is 0 Å². The summed E-state index contributed by atoms with van der Waals surface area (Å²) in [4.78, 5) is 29.8. The smallest absolute Gasteiger partial charge is 0.349 e. The van der Waals surface area contributed by atoms with Crippen LogP contribution in [-0.2, 0) is 0 Å². The molecule has 2 rings (SSSR count). The minimum atomic E-state index is -0.914. The van der Waals surface area contributed by atoms with Crippen molar-refractivity contribution < 1.29 is 19.5 Å². The molecular weight excluding hydrogens is 334 g/mol. The van der Waals surface area contributed by atoms with Crippen LogP contribution in [0.1, 0.15) is 0 Å². The monoisotopic (exact) mass is 339 g/mol. The van der Waals surface area contributed by atoms with Gasteiger partial charge in [0.15, 0.2) is 0 Å². The summed E-state index contributed by atoms with van der Waals surface area (Å²) in [6.45, 7) is 0. The molecule has 0 bridgehead atoms. The van der Waals surface area contributed by atoms with Gasteiger partial charge < -0.3 is 4.74 Å². The number of nitro benzene ring substituents is 3. The molecule has 0 aliphatic heterocycles. The van der Waals surface area contributed by atoms with Crippen LogP contribution in [0.15, 0.2) is 36.4 Å². The van der Waals surface area contributed by atoms with Crippen LogP contribution in [0.4, 0.5) is 17.1 Å². The van der Waals surface area contributed by atoms with Crippen molar-refractivity contribution in [3.8, 4) is 11.5 Å². The number of non-ortho nitro benzene ring substituents is 1. The van der Waals surface area contributed by atoms with Crippen molar-refractivity contribution >= 4 is 28.7 Å². The van der Waals surface area contributed by atoms with E-state index in [1.807, 2.05) is 0 Å². The van der Waals surface area contributed by atoms with E-state index in [2.05, 4.69) is 0 Å². The van der Waals surface area contributed by atoms with E-state index in [1.54, 1.807) is 0 Å². The molecule has 0 aliphatic rings. The molecule has 10 nitrogen and oxygen atoms in total. The number of nitrogens with zero attached hydrogens (tertiary/aromatic N) is 3. The van der Waals surface area contributed by atoms with Gasteiger partial charge in [0.25, 0.3) is 5.69 Å². The maximum Gasteiger partial charge on any atom is 0.349 e. The molecule has 0 aromatic heterocycles. The van der Waals surface area contributed by atoms with Gasteiger partial charge in [-0.2, -0.15) is 0 Å². The van der Waals surface area contributed by atoms with Gasteiger partial charge in [0.2, 0.25) is 0 Å². The standard InChI is InChI=1S/C12H6ClN3O7/c13-9-5-7(14(17)18)1-4-12(9)23-8-2-3-10(15(19)20)11(6-8)16(21)22/h1-6H. The summed E-state index contributed by atoms with van der Waals surface area (Å²) in [7, 11) is 0. The molecule has 11 heteroatoms. The van der Waals surface area contributed by atoms with Gasteiger partial charge in [-0.15, -0.1) is 0 Å². The second-order valence-electron chi connectivity index (χ2n) is 4.14. The highest BCUT2D eigenvalue weighted by Crippen LogP contribution is 2.36. The first-order valence-corrected chi connectivity index (χ1v) is 6.22. The van der Waals surface area contributed by atoms with Crippen LogP contribution in [0.2, 0.25) is 5.02 Å². The molecule has 0 unspecified atom stereocenters. The fraction of sp³-hybridized carbons (Fsp3) is 0. The van der Waals surface area contributed by atoms with Crippen LogP contribution in [0, 0.1) is 30.3 Å². The molecule has 0 heterocycles. The lowest BCUT2D eigenvalue weighted by Crippen LogP contribution is -1.97. The lowest BCUT2D eigenvalue weighted by atomic mass is 10.2. The van der Waals surface area contributed by atoms with Crippen molar-refractivity contribution in [2.75, 3.05) is 0 Å². The summed E-state index contributed by atoms with van der Waals surface area (Å²) in [5.74, 6) is -0.0570. The summed E-state index contributed by atoms with van der Waals surface area (Å²) in [6, 6.07) is 6.36. The second kappa shape index (κ2) is 6.23. The van der Waals surface area contributed by atoms with Gasteiger partial charge >= 0.3 is 11.4 Å². The van der Waals surface area contributed by atoms with Crippen molar-refractivity contribution in [3.63, 3.8) is 0 Å². The van der Waals surface area contributed by atoms with Crippen LogP contribution < -0.4 is 4.74 Å². The number of rotatable bonds is 5. The molecule has 0 saturated heterocycles. The molecule has 2 aromatic rings. The number of benzene rings is 2. The van der Waals surface area contributed by atoms with Gasteiger partial charge in [-0.1, -0.05) is 11.6 Å². The lowest BCUT2D eigenvalue weighted by molar-refractivity contribution is -0.422. The Bertz CT molecular complexity index is 824. The van der Waals surface area contributed by atoms with Gasteiger partial charge in [-0.3, -0.25) is 30.3 Å². The third-order valence-corrected chi connectivity index (χ3v) is 2.99. The fourth-order valence-corrected chi connectivity index (χ4v) is 1.89. The topological polar surface area (TPSA) is 139 Å². The van der Waals surface area contributed by atoms with E-state index in [0.717, 1.165) is 30.3 Å². The predicted octanol–water partition coefficient (Wildman–Crippen LogP) is 3.86. The average Bonchev–Trinajstić information content (AvgIpc) is 2.48. The second-order valence-corrected chi connectivity index (χ2v) is 4.55. The molecule has 0 saturated carbocycles. The number of ether oxygens (including phenoxy) is 1. The maximum absolute atomic E-state index is 10.9. The molecule has 0 amide bonds. The normalized spacial score (nSPS) is 10.1. The molecule has 2 aromatic carbocycles. The Kier molecular flexibility index (Phi) is 4.37. The molecule has 0 fully saturated rings. The SMILES string of the molecule is O=[N+]([O-])c1ccc(Oc2ccc([N+](=O)[O-])c([N+](=O)[O-])c2)c(Cl)c1. The first-order valence-electron chi connectivity index (χ1n) is 5.84. The number of hydrogen-bond acceptors (Lipinski definition) is 7. The zero-order valence-corrected chi connectivity index (χ0v) is 11.8. The van der Waals surface area contributed by atoms with Crippen molar-refractivity contribution in [1.29, 1.82) is 0 Å². The first-order chi connectivity index (χ1) is 10.8. The van der Waals surface area contributed by atoms with E-state index in [-0.39, 0.29) is 22.2 Å². The molecule has 0 spiro atoms. The molecule has 0 N–H and O–H groups in total.